The van der Waals surface area contributed by atoms with E-state index in [1.165, 1.54) is 12.1 Å². The molecule has 0 unspecified atom stereocenters. The number of amides is 2. The highest BCUT2D eigenvalue weighted by Crippen LogP contribution is 2.28. The first kappa shape index (κ1) is 24.6. The highest BCUT2D eigenvalue weighted by Gasteiger charge is 2.31. The van der Waals surface area contributed by atoms with E-state index >= 15 is 0 Å². The molecule has 200 valence electrons. The quantitative estimate of drug-likeness (QED) is 0.516. The van der Waals surface area contributed by atoms with E-state index in [1.807, 2.05) is 11.1 Å². The predicted octanol–water partition coefficient (Wildman–Crippen LogP) is 3.33. The molecular weight excluding hydrogens is 489 g/mol. The Hall–Kier alpha value is -3.73. The van der Waals surface area contributed by atoms with Crippen molar-refractivity contribution in [1.29, 1.82) is 0 Å². The van der Waals surface area contributed by atoms with Crippen LogP contribution in [-0.4, -0.2) is 68.4 Å². The molecule has 4 heterocycles. The Balaban J connectivity index is 1.25. The Morgan fingerprint density at radius 3 is 2.45 bits per heavy atom. The molecule has 1 aromatic carbocycles. The third-order valence-corrected chi connectivity index (χ3v) is 7.86. The van der Waals surface area contributed by atoms with Crippen LogP contribution < -0.4 is 16.3 Å². The molecule has 1 saturated carbocycles. The van der Waals surface area contributed by atoms with Gasteiger partial charge in [0.25, 0.3) is 0 Å². The van der Waals surface area contributed by atoms with Crippen LogP contribution in [-0.2, 0) is 4.74 Å². The van der Waals surface area contributed by atoms with Crippen molar-refractivity contribution in [2.75, 3.05) is 31.6 Å². The topological polar surface area (TPSA) is 106 Å². The number of carbonyl (C=O) groups is 1. The summed E-state index contributed by atoms with van der Waals surface area (Å²) >= 11 is 0. The van der Waals surface area contributed by atoms with E-state index in [4.69, 9.17) is 9.72 Å². The molecule has 2 aliphatic heterocycles. The summed E-state index contributed by atoms with van der Waals surface area (Å²) in [4.78, 5) is 36.8. The first-order chi connectivity index (χ1) is 18.6. The summed E-state index contributed by atoms with van der Waals surface area (Å²) in [5.41, 5.74) is 1.63. The lowest BCUT2D eigenvalue weighted by atomic mass is 9.90. The fourth-order valence-corrected chi connectivity index (χ4v) is 5.83. The average molecular weight is 522 g/mol. The standard InChI is InChI=1S/C27H32FN7O3/c28-18-1-5-22(6-2-18)35-24(17-34(27(35)37)21-10-15-38-16-11-21)23-9-12-29-25(32-23)31-19-3-7-20(8-4-19)33-14-13-30-26(33)36/h1-2,5-6,9,12,17,19-21H,3-4,7-8,10-11,13-16H2,(H,30,36)(H,29,31,32). The van der Waals surface area contributed by atoms with E-state index in [9.17, 15) is 14.0 Å². The summed E-state index contributed by atoms with van der Waals surface area (Å²) < 4.78 is 22.5. The first-order valence-electron chi connectivity index (χ1n) is 13.4. The average Bonchev–Trinajstić information content (AvgIpc) is 3.53. The van der Waals surface area contributed by atoms with Crippen LogP contribution in [0.25, 0.3) is 17.1 Å². The normalized spacial score (nSPS) is 22.4. The zero-order chi connectivity index (χ0) is 26.1. The third kappa shape index (κ3) is 4.90. The van der Waals surface area contributed by atoms with E-state index in [0.717, 1.165) is 51.6 Å². The van der Waals surface area contributed by atoms with Crippen LogP contribution in [0.2, 0.25) is 0 Å². The summed E-state index contributed by atoms with van der Waals surface area (Å²) in [6.45, 7) is 2.72. The van der Waals surface area contributed by atoms with Crippen molar-refractivity contribution in [3.63, 3.8) is 0 Å². The molecule has 3 fully saturated rings. The molecule has 2 amide bonds. The zero-order valence-corrected chi connectivity index (χ0v) is 21.2. The second-order valence-corrected chi connectivity index (χ2v) is 10.2. The van der Waals surface area contributed by atoms with Gasteiger partial charge in [-0.3, -0.25) is 9.13 Å². The number of anilines is 1. The van der Waals surface area contributed by atoms with Crippen molar-refractivity contribution in [1.82, 2.24) is 29.3 Å². The molecule has 2 N–H and O–H groups in total. The minimum atomic E-state index is -0.360. The Labute approximate surface area is 219 Å². The second kappa shape index (κ2) is 10.6. The molecular formula is C27H32FN7O3. The molecule has 0 atom stereocenters. The summed E-state index contributed by atoms with van der Waals surface area (Å²) in [6.07, 6.45) is 8.75. The van der Waals surface area contributed by atoms with Crippen LogP contribution in [0.15, 0.2) is 47.5 Å². The number of carbonyl (C=O) groups excluding carboxylic acids is 1. The van der Waals surface area contributed by atoms with E-state index in [-0.39, 0.29) is 35.7 Å². The van der Waals surface area contributed by atoms with Gasteiger partial charge in [-0.15, -0.1) is 0 Å². The number of benzene rings is 1. The van der Waals surface area contributed by atoms with Crippen molar-refractivity contribution >= 4 is 12.0 Å². The summed E-state index contributed by atoms with van der Waals surface area (Å²) in [5.74, 6) is 0.141. The fourth-order valence-electron chi connectivity index (χ4n) is 5.83. The van der Waals surface area contributed by atoms with Gasteiger partial charge in [0, 0.05) is 56.8 Å². The van der Waals surface area contributed by atoms with Crippen molar-refractivity contribution in [2.24, 2.45) is 0 Å². The van der Waals surface area contributed by atoms with Gasteiger partial charge in [-0.25, -0.2) is 23.9 Å². The lowest BCUT2D eigenvalue weighted by Gasteiger charge is -2.34. The van der Waals surface area contributed by atoms with E-state index in [1.54, 1.807) is 33.5 Å². The monoisotopic (exact) mass is 521 g/mol. The number of urea groups is 1. The van der Waals surface area contributed by atoms with Crippen molar-refractivity contribution < 1.29 is 13.9 Å². The smallest absolute Gasteiger partial charge is 0.333 e. The van der Waals surface area contributed by atoms with Crippen LogP contribution in [0.4, 0.5) is 15.1 Å². The van der Waals surface area contributed by atoms with Gasteiger partial charge in [-0.1, -0.05) is 0 Å². The van der Waals surface area contributed by atoms with Crippen LogP contribution in [0.1, 0.15) is 44.6 Å². The van der Waals surface area contributed by atoms with Gasteiger partial charge in [0.15, 0.2) is 0 Å². The van der Waals surface area contributed by atoms with Crippen molar-refractivity contribution in [2.45, 2.75) is 56.7 Å². The first-order valence-corrected chi connectivity index (χ1v) is 13.4. The number of nitrogens with one attached hydrogen (secondary N) is 2. The van der Waals surface area contributed by atoms with Gasteiger partial charge in [0.05, 0.1) is 17.1 Å². The molecule has 0 bridgehead atoms. The van der Waals surface area contributed by atoms with E-state index < -0.39 is 0 Å². The molecule has 10 nitrogen and oxygen atoms in total. The van der Waals surface area contributed by atoms with E-state index in [0.29, 0.717) is 36.2 Å². The number of imidazole rings is 1. The number of aromatic nitrogens is 4. The molecule has 2 saturated heterocycles. The number of nitrogens with zero attached hydrogens (tertiary/aromatic N) is 5. The van der Waals surface area contributed by atoms with Crippen LogP contribution >= 0.6 is 0 Å². The maximum atomic E-state index is 13.7. The Morgan fingerprint density at radius 2 is 1.74 bits per heavy atom. The molecule has 6 rings (SSSR count). The van der Waals surface area contributed by atoms with Crippen LogP contribution in [0, 0.1) is 5.82 Å². The highest BCUT2D eigenvalue weighted by molar-refractivity contribution is 5.76. The Morgan fingerprint density at radius 1 is 0.974 bits per heavy atom. The van der Waals surface area contributed by atoms with Crippen molar-refractivity contribution in [3.05, 3.63) is 59.0 Å². The second-order valence-electron chi connectivity index (χ2n) is 10.2. The van der Waals surface area contributed by atoms with Crippen LogP contribution in [0.3, 0.4) is 0 Å². The van der Waals surface area contributed by atoms with Gasteiger partial charge >= 0.3 is 11.7 Å². The molecule has 38 heavy (non-hydrogen) atoms. The molecule has 1 aliphatic carbocycles. The third-order valence-electron chi connectivity index (χ3n) is 7.86. The Kier molecular flexibility index (Phi) is 6.84. The largest absolute Gasteiger partial charge is 0.381 e. The molecule has 0 radical (unpaired) electrons. The summed E-state index contributed by atoms with van der Waals surface area (Å²) in [7, 11) is 0. The summed E-state index contributed by atoms with van der Waals surface area (Å²) in [5, 5.41) is 6.35. The molecule has 3 aliphatic rings. The predicted molar refractivity (Wildman–Crippen MR) is 140 cm³/mol. The SMILES string of the molecule is O=C1NCCN1C1CCC(Nc2nccc(-c3cn(C4CCOCC4)c(=O)n3-c3ccc(F)cc3)n2)CC1. The molecule has 11 heteroatoms. The molecule has 2 aromatic heterocycles. The number of ether oxygens (including phenoxy) is 1. The van der Waals surface area contributed by atoms with Gasteiger partial charge in [-0.05, 0) is 68.9 Å². The number of hydrogen-bond acceptors (Lipinski definition) is 6. The molecule has 0 spiro atoms. The maximum absolute atomic E-state index is 13.7. The van der Waals surface area contributed by atoms with Gasteiger partial charge < -0.3 is 20.3 Å². The maximum Gasteiger partial charge on any atom is 0.333 e. The van der Waals surface area contributed by atoms with E-state index in [2.05, 4.69) is 15.6 Å². The Bertz CT molecular complexity index is 1340. The highest BCUT2D eigenvalue weighted by atomic mass is 19.1. The zero-order valence-electron chi connectivity index (χ0n) is 21.2. The number of halogens is 1. The van der Waals surface area contributed by atoms with Gasteiger partial charge in [-0.2, -0.15) is 0 Å². The lowest BCUT2D eigenvalue weighted by Crippen LogP contribution is -2.42. The van der Waals surface area contributed by atoms with Gasteiger partial charge in [0.2, 0.25) is 5.95 Å². The van der Waals surface area contributed by atoms with Crippen molar-refractivity contribution in [3.8, 4) is 17.1 Å². The minimum Gasteiger partial charge on any atom is -0.381 e. The molecule has 3 aromatic rings. The number of rotatable bonds is 6. The summed E-state index contributed by atoms with van der Waals surface area (Å²) in [6, 6.07) is 8.26. The fraction of sp³-hybridized carbons (Fsp3) is 0.481. The van der Waals surface area contributed by atoms with Crippen LogP contribution in [0.5, 0.6) is 0 Å². The number of hydrogen-bond donors (Lipinski definition) is 2. The van der Waals surface area contributed by atoms with Gasteiger partial charge in [0.1, 0.15) is 5.82 Å². The minimum absolute atomic E-state index is 0.0315. The lowest BCUT2D eigenvalue weighted by molar-refractivity contribution is 0.0686.